The molecule has 0 aliphatic carbocycles. The Kier molecular flexibility index (Phi) is 8.17. The zero-order valence-corrected chi connectivity index (χ0v) is 14.4. The molecule has 0 aromatic carbocycles. The number of unbranched alkanes of at least 4 members (excludes halogenated alkanes) is 1. The smallest absolute Gasteiger partial charge is 0.273 e. The van der Waals surface area contributed by atoms with E-state index in [0.717, 1.165) is 19.3 Å². The minimum Gasteiger partial charge on any atom is -0.446 e. The fourth-order valence-corrected chi connectivity index (χ4v) is 2.44. The maximum Gasteiger partial charge on any atom is 0.273 e. The predicted molar refractivity (Wildman–Crippen MR) is 88.5 cm³/mol. The van der Waals surface area contributed by atoms with Gasteiger partial charge in [0.05, 0.1) is 6.04 Å². The topological polar surface area (TPSA) is 81.2 Å². The number of nitrogens with one attached hydrogen (secondary N) is 1. The van der Waals surface area contributed by atoms with Crippen LogP contribution in [0.25, 0.3) is 0 Å². The first kappa shape index (κ1) is 18.7. The van der Waals surface area contributed by atoms with Crippen molar-refractivity contribution in [3.05, 3.63) is 17.8 Å². The molecule has 1 amide bonds. The molecular weight excluding hydrogens is 278 g/mol. The second kappa shape index (κ2) is 9.62. The molecule has 0 aliphatic rings. The van der Waals surface area contributed by atoms with Gasteiger partial charge in [0.15, 0.2) is 5.69 Å². The van der Waals surface area contributed by atoms with E-state index in [4.69, 9.17) is 10.2 Å². The zero-order valence-electron chi connectivity index (χ0n) is 14.4. The number of carbonyl (C=O) groups excluding carboxylic acids is 1. The molecule has 22 heavy (non-hydrogen) atoms. The Bertz CT molecular complexity index is 443. The Morgan fingerprint density at radius 2 is 2.14 bits per heavy atom. The van der Waals surface area contributed by atoms with Gasteiger partial charge >= 0.3 is 0 Å². The van der Waals surface area contributed by atoms with Crippen LogP contribution in [0.5, 0.6) is 0 Å². The van der Waals surface area contributed by atoms with Crippen LogP contribution in [-0.4, -0.2) is 17.4 Å². The Hall–Kier alpha value is -1.36. The molecule has 126 valence electrons. The molecule has 0 spiro atoms. The maximum atomic E-state index is 12.1. The lowest BCUT2D eigenvalue weighted by atomic mass is 9.99. The van der Waals surface area contributed by atoms with E-state index in [9.17, 15) is 4.79 Å². The van der Waals surface area contributed by atoms with E-state index < -0.39 is 0 Å². The number of amides is 1. The van der Waals surface area contributed by atoms with Crippen molar-refractivity contribution < 1.29 is 9.21 Å². The first-order valence-corrected chi connectivity index (χ1v) is 8.47. The van der Waals surface area contributed by atoms with Crippen molar-refractivity contribution in [1.29, 1.82) is 0 Å². The molecule has 0 bridgehead atoms. The summed E-state index contributed by atoms with van der Waals surface area (Å²) in [6.45, 7) is 9.22. The lowest BCUT2D eigenvalue weighted by Crippen LogP contribution is -2.29. The van der Waals surface area contributed by atoms with E-state index in [1.165, 1.54) is 19.1 Å². The Morgan fingerprint density at radius 3 is 2.73 bits per heavy atom. The van der Waals surface area contributed by atoms with E-state index in [-0.39, 0.29) is 11.9 Å². The lowest BCUT2D eigenvalue weighted by Gasteiger charge is -2.14. The van der Waals surface area contributed by atoms with E-state index >= 15 is 0 Å². The van der Waals surface area contributed by atoms with Crippen LogP contribution in [0.3, 0.4) is 0 Å². The van der Waals surface area contributed by atoms with Gasteiger partial charge in [0, 0.05) is 6.54 Å². The fourth-order valence-electron chi connectivity index (χ4n) is 2.44. The van der Waals surface area contributed by atoms with E-state index in [1.807, 2.05) is 0 Å². The Morgan fingerprint density at radius 1 is 1.41 bits per heavy atom. The molecule has 1 rings (SSSR count). The highest BCUT2D eigenvalue weighted by Gasteiger charge is 2.18. The van der Waals surface area contributed by atoms with Crippen LogP contribution in [0.1, 0.15) is 82.2 Å². The van der Waals surface area contributed by atoms with Gasteiger partial charge in [-0.2, -0.15) is 0 Å². The van der Waals surface area contributed by atoms with Crippen molar-refractivity contribution in [3.63, 3.8) is 0 Å². The molecule has 5 nitrogen and oxygen atoms in total. The maximum absolute atomic E-state index is 12.1. The summed E-state index contributed by atoms with van der Waals surface area (Å²) < 4.78 is 5.35. The molecule has 5 heteroatoms. The van der Waals surface area contributed by atoms with Crippen LogP contribution in [0.15, 0.2) is 10.7 Å². The van der Waals surface area contributed by atoms with Crippen molar-refractivity contribution in [1.82, 2.24) is 10.3 Å². The first-order valence-electron chi connectivity index (χ1n) is 8.47. The van der Waals surface area contributed by atoms with Crippen molar-refractivity contribution in [2.24, 2.45) is 17.6 Å². The third-order valence-electron chi connectivity index (χ3n) is 3.89. The monoisotopic (exact) mass is 309 g/mol. The summed E-state index contributed by atoms with van der Waals surface area (Å²) in [5.74, 6) is 1.25. The second-order valence-electron chi connectivity index (χ2n) is 6.43. The number of oxazole rings is 1. The highest BCUT2D eigenvalue weighted by atomic mass is 16.3. The van der Waals surface area contributed by atoms with Crippen LogP contribution in [0.4, 0.5) is 0 Å². The summed E-state index contributed by atoms with van der Waals surface area (Å²) in [4.78, 5) is 16.3. The summed E-state index contributed by atoms with van der Waals surface area (Å²) in [5.41, 5.74) is 6.34. The molecule has 0 radical (unpaired) electrons. The van der Waals surface area contributed by atoms with E-state index in [0.29, 0.717) is 30.0 Å². The molecule has 0 saturated heterocycles. The van der Waals surface area contributed by atoms with Gasteiger partial charge in [0.2, 0.25) is 5.89 Å². The molecule has 3 N–H and O–H groups in total. The molecule has 2 unspecified atom stereocenters. The summed E-state index contributed by atoms with van der Waals surface area (Å²) in [6, 6.07) is -0.255. The number of rotatable bonds is 10. The third-order valence-corrected chi connectivity index (χ3v) is 3.89. The highest BCUT2D eigenvalue weighted by Crippen LogP contribution is 2.18. The summed E-state index contributed by atoms with van der Waals surface area (Å²) >= 11 is 0. The summed E-state index contributed by atoms with van der Waals surface area (Å²) in [6.07, 6.45) is 6.80. The zero-order chi connectivity index (χ0) is 16.5. The quantitative estimate of drug-likeness (QED) is 0.691. The van der Waals surface area contributed by atoms with Crippen molar-refractivity contribution in [2.45, 2.75) is 65.8 Å². The average molecular weight is 309 g/mol. The number of nitrogens with two attached hydrogens (primary N) is 1. The SMILES string of the molecule is CCCCC(CC)CNC(=O)c1coc(C(N)CC(C)C)n1. The standard InChI is InChI=1S/C17H31N3O2/c1-5-7-8-13(6-2)10-19-16(21)15-11-22-17(20-15)14(18)9-12(3)4/h11-14H,5-10,18H2,1-4H3,(H,19,21). The van der Waals surface area contributed by atoms with Crippen molar-refractivity contribution in [2.75, 3.05) is 6.54 Å². The highest BCUT2D eigenvalue weighted by molar-refractivity contribution is 5.91. The van der Waals surface area contributed by atoms with Crippen LogP contribution in [-0.2, 0) is 0 Å². The molecule has 1 aromatic heterocycles. The molecule has 0 aliphatic heterocycles. The first-order chi connectivity index (χ1) is 10.5. The van der Waals surface area contributed by atoms with Gasteiger partial charge in [0.25, 0.3) is 5.91 Å². The molecule has 2 atom stereocenters. The average Bonchev–Trinajstić information content (AvgIpc) is 2.96. The lowest BCUT2D eigenvalue weighted by molar-refractivity contribution is 0.0940. The van der Waals surface area contributed by atoms with Gasteiger partial charge in [0.1, 0.15) is 6.26 Å². The minimum absolute atomic E-state index is 0.179. The van der Waals surface area contributed by atoms with E-state index in [1.54, 1.807) is 0 Å². The largest absolute Gasteiger partial charge is 0.446 e. The number of nitrogens with zero attached hydrogens (tertiary/aromatic N) is 1. The Balaban J connectivity index is 2.50. The third kappa shape index (κ3) is 6.18. The second-order valence-corrected chi connectivity index (χ2v) is 6.43. The number of hydrogen-bond acceptors (Lipinski definition) is 4. The fraction of sp³-hybridized carbons (Fsp3) is 0.765. The van der Waals surface area contributed by atoms with Gasteiger partial charge in [-0.15, -0.1) is 0 Å². The van der Waals surface area contributed by atoms with Gasteiger partial charge in [-0.1, -0.05) is 47.0 Å². The number of carbonyl (C=O) groups is 1. The normalized spacial score (nSPS) is 14.1. The molecular formula is C17H31N3O2. The predicted octanol–water partition coefficient (Wildman–Crippen LogP) is 3.67. The van der Waals surface area contributed by atoms with Gasteiger partial charge < -0.3 is 15.5 Å². The van der Waals surface area contributed by atoms with Crippen molar-refractivity contribution in [3.8, 4) is 0 Å². The minimum atomic E-state index is -0.255. The van der Waals surface area contributed by atoms with Crippen LogP contribution in [0, 0.1) is 11.8 Å². The molecule has 1 aromatic rings. The number of aromatic nitrogens is 1. The van der Waals surface area contributed by atoms with Crippen LogP contribution in [0.2, 0.25) is 0 Å². The summed E-state index contributed by atoms with van der Waals surface area (Å²) in [5, 5.41) is 2.95. The number of hydrogen-bond donors (Lipinski definition) is 2. The molecule has 0 saturated carbocycles. The van der Waals surface area contributed by atoms with Crippen LogP contribution < -0.4 is 11.1 Å². The van der Waals surface area contributed by atoms with Gasteiger partial charge in [-0.25, -0.2) is 4.98 Å². The Labute approximate surface area is 134 Å². The van der Waals surface area contributed by atoms with Crippen LogP contribution >= 0.6 is 0 Å². The van der Waals surface area contributed by atoms with Gasteiger partial charge in [-0.05, 0) is 24.7 Å². The molecule has 0 fully saturated rings. The van der Waals surface area contributed by atoms with Gasteiger partial charge in [-0.3, -0.25) is 4.79 Å². The summed E-state index contributed by atoms with van der Waals surface area (Å²) in [7, 11) is 0. The van der Waals surface area contributed by atoms with E-state index in [2.05, 4.69) is 38.0 Å². The molecule has 1 heterocycles. The van der Waals surface area contributed by atoms with Crippen molar-refractivity contribution >= 4 is 5.91 Å².